The van der Waals surface area contributed by atoms with Gasteiger partial charge in [0.25, 0.3) is 0 Å². The highest BCUT2D eigenvalue weighted by molar-refractivity contribution is 6.34. The van der Waals surface area contributed by atoms with E-state index in [-0.39, 0.29) is 77.6 Å². The number of aromatic nitrogens is 2. The van der Waals surface area contributed by atoms with E-state index in [1.165, 1.54) is 28.7 Å². The number of aryl methyl sites for hydroxylation is 1. The Bertz CT molecular complexity index is 2970. The molecule has 18 heteroatoms. The van der Waals surface area contributed by atoms with Crippen LogP contribution in [0.2, 0.25) is 5.02 Å². The number of imide groups is 1. The number of carbonyl (C=O) groups excluding carboxylic acids is 4. The van der Waals surface area contributed by atoms with Gasteiger partial charge in [0, 0.05) is 85.2 Å². The maximum Gasteiger partial charge on any atom is 0.329 e. The Morgan fingerprint density at radius 2 is 1.75 bits per heavy atom. The number of fused-ring (bicyclic) bond motifs is 2. The molecular formula is C55H61ClF2N8O7. The summed E-state index contributed by atoms with van der Waals surface area (Å²) in [7, 11) is 1.88. The van der Waals surface area contributed by atoms with Crippen LogP contribution >= 0.6 is 11.6 Å². The number of nitrogens with two attached hydrogens (primary N) is 1. The topological polar surface area (TPSA) is 185 Å². The molecular weight excluding hydrogens is 958 g/mol. The monoisotopic (exact) mass is 1020 g/mol. The molecule has 4 fully saturated rings. The molecule has 1 saturated carbocycles. The van der Waals surface area contributed by atoms with Crippen molar-refractivity contribution < 1.29 is 42.5 Å². The van der Waals surface area contributed by atoms with Gasteiger partial charge in [-0.1, -0.05) is 54.9 Å². The maximum absolute atomic E-state index is 16.5. The largest absolute Gasteiger partial charge is 0.488 e. The molecule has 5 heterocycles. The van der Waals surface area contributed by atoms with E-state index in [0.29, 0.717) is 23.8 Å². The van der Waals surface area contributed by atoms with Crippen molar-refractivity contribution in [2.75, 3.05) is 50.8 Å². The second-order valence-corrected chi connectivity index (χ2v) is 20.5. The third kappa shape index (κ3) is 9.51. The molecule has 15 nitrogen and oxygen atoms in total. The minimum Gasteiger partial charge on any atom is -0.488 e. The number of rotatable bonds is 14. The number of anilines is 1. The molecule has 5 aromatic rings. The standard InChI is InChI=1S/C55H61ClF2N8O7/c1-32-46-44(30-41(57)49(56)48(46)47-40(51(59)69)16-17-43(50(47)58)72-28-27-67)73-55(32,36-7-4-3-5-8-36)21-22-60-37-13-10-34(11-14-37)53(70)65-23-6-9-38(65)31-64-24-18-33(19-25-64)35-12-15-39-42(29-35)63(2)62-52(39)66-26-20-45(68)61-54(66)71/h3-5,7-8,12,15-17,21-22,29-30,32-34,37-38,60,67H,6,9-11,13-14,18-20,23-28,31H2,1-2H3,(H2,59,69)(H,61,68,71)/b22-21-/t32-,34?,37?,38-,55-/m0/s1. The zero-order valence-corrected chi connectivity index (χ0v) is 41.8. The van der Waals surface area contributed by atoms with Crippen LogP contribution in [-0.2, 0) is 22.2 Å². The van der Waals surface area contributed by atoms with Crippen LogP contribution in [0.4, 0.5) is 19.4 Å². The Labute approximate surface area is 427 Å². The molecule has 0 spiro atoms. The average Bonchev–Trinajstić information content (AvgIpc) is 4.07. The average molecular weight is 1020 g/mol. The number of hydrogen-bond donors (Lipinski definition) is 4. The lowest BCUT2D eigenvalue weighted by atomic mass is 9.77. The number of primary amides is 1. The number of aliphatic hydroxyl groups excluding tert-OH is 1. The van der Waals surface area contributed by atoms with Crippen LogP contribution in [0.5, 0.6) is 11.5 Å². The Morgan fingerprint density at radius 1 is 0.986 bits per heavy atom. The van der Waals surface area contributed by atoms with Gasteiger partial charge in [-0.25, -0.2) is 13.6 Å². The summed E-state index contributed by atoms with van der Waals surface area (Å²) in [5.41, 5.74) is 7.25. The summed E-state index contributed by atoms with van der Waals surface area (Å²) in [5, 5.41) is 20.5. The van der Waals surface area contributed by atoms with Crippen LogP contribution in [0.25, 0.3) is 22.0 Å². The van der Waals surface area contributed by atoms with Crippen molar-refractivity contribution in [3.8, 4) is 22.6 Å². The van der Waals surface area contributed by atoms with Crippen molar-refractivity contribution in [3.05, 3.63) is 118 Å². The summed E-state index contributed by atoms with van der Waals surface area (Å²) in [5.74, 6) is -2.68. The summed E-state index contributed by atoms with van der Waals surface area (Å²) in [4.78, 5) is 57.5. The Hall–Kier alpha value is -6.56. The molecule has 0 bridgehead atoms. The first-order chi connectivity index (χ1) is 35.3. The molecule has 5 aliphatic rings. The Morgan fingerprint density at radius 3 is 2.48 bits per heavy atom. The highest BCUT2D eigenvalue weighted by Crippen LogP contribution is 2.57. The normalized spacial score (nSPS) is 23.8. The van der Waals surface area contributed by atoms with E-state index in [4.69, 9.17) is 26.8 Å². The first-order valence-electron chi connectivity index (χ1n) is 25.4. The van der Waals surface area contributed by atoms with E-state index in [2.05, 4.69) is 37.7 Å². The van der Waals surface area contributed by atoms with Crippen LogP contribution in [0.3, 0.4) is 0 Å². The fourth-order valence-electron chi connectivity index (χ4n) is 12.0. The van der Waals surface area contributed by atoms with E-state index in [1.54, 1.807) is 0 Å². The lowest BCUT2D eigenvalue weighted by Crippen LogP contribution is -2.49. The number of aliphatic hydroxyl groups is 1. The molecule has 3 atom stereocenters. The number of halogens is 3. The van der Waals surface area contributed by atoms with E-state index in [1.807, 2.05) is 67.3 Å². The second kappa shape index (κ2) is 20.7. The van der Waals surface area contributed by atoms with Crippen molar-refractivity contribution >= 4 is 52.1 Å². The number of nitrogens with one attached hydrogen (secondary N) is 2. The van der Waals surface area contributed by atoms with Crippen LogP contribution < -0.4 is 30.7 Å². The summed E-state index contributed by atoms with van der Waals surface area (Å²) in [6.07, 6.45) is 11.1. The zero-order valence-electron chi connectivity index (χ0n) is 41.1. The fourth-order valence-corrected chi connectivity index (χ4v) is 12.3. The highest BCUT2D eigenvalue weighted by atomic mass is 35.5. The molecule has 0 radical (unpaired) electrons. The van der Waals surface area contributed by atoms with Gasteiger partial charge in [0.05, 0.1) is 22.7 Å². The second-order valence-electron chi connectivity index (χ2n) is 20.1. The van der Waals surface area contributed by atoms with Gasteiger partial charge in [0.2, 0.25) is 17.7 Å². The molecule has 5 amide bonds. The third-order valence-corrected chi connectivity index (χ3v) is 16.2. The van der Waals surface area contributed by atoms with Gasteiger partial charge in [0.15, 0.2) is 23.0 Å². The van der Waals surface area contributed by atoms with Crippen LogP contribution in [-0.4, -0.2) is 106 Å². The van der Waals surface area contributed by atoms with Gasteiger partial charge in [-0.05, 0) is 118 Å². The fraction of sp³-hybridized carbons (Fsp3) is 0.436. The lowest BCUT2D eigenvalue weighted by molar-refractivity contribution is -0.138. The number of carbonyl (C=O) groups is 4. The summed E-state index contributed by atoms with van der Waals surface area (Å²) in [6.45, 7) is 5.11. The zero-order chi connectivity index (χ0) is 51.1. The van der Waals surface area contributed by atoms with E-state index in [9.17, 15) is 24.3 Å². The van der Waals surface area contributed by atoms with Crippen molar-refractivity contribution in [2.24, 2.45) is 18.7 Å². The quantitative estimate of drug-likeness (QED) is 0.0850. The summed E-state index contributed by atoms with van der Waals surface area (Å²) >= 11 is 6.71. The molecule has 4 aromatic carbocycles. The predicted octanol–water partition coefficient (Wildman–Crippen LogP) is 8.01. The minimum atomic E-state index is -1.22. The molecule has 1 aromatic heterocycles. The molecule has 5 N–H and O–H groups in total. The number of likely N-dealkylation sites (tertiary alicyclic amines) is 2. The van der Waals surface area contributed by atoms with Gasteiger partial charge >= 0.3 is 6.03 Å². The number of hydrogen-bond acceptors (Lipinski definition) is 10. The molecule has 10 rings (SSSR count). The van der Waals surface area contributed by atoms with Crippen molar-refractivity contribution in [1.29, 1.82) is 0 Å². The Balaban J connectivity index is 0.772. The third-order valence-electron chi connectivity index (χ3n) is 15.9. The first kappa shape index (κ1) is 50.0. The smallest absolute Gasteiger partial charge is 0.329 e. The predicted molar refractivity (Wildman–Crippen MR) is 272 cm³/mol. The van der Waals surface area contributed by atoms with Crippen LogP contribution in [0.1, 0.15) is 104 Å². The molecule has 3 saturated heterocycles. The maximum atomic E-state index is 16.5. The van der Waals surface area contributed by atoms with E-state index >= 15 is 8.78 Å². The summed E-state index contributed by atoms with van der Waals surface area (Å²) < 4.78 is 46.3. The van der Waals surface area contributed by atoms with Gasteiger partial charge in [-0.3, -0.25) is 29.3 Å². The first-order valence-corrected chi connectivity index (χ1v) is 25.8. The molecule has 4 aliphatic heterocycles. The highest BCUT2D eigenvalue weighted by Gasteiger charge is 2.49. The summed E-state index contributed by atoms with van der Waals surface area (Å²) in [6, 6.07) is 19.3. The van der Waals surface area contributed by atoms with Crippen LogP contribution in [0.15, 0.2) is 79.0 Å². The number of ether oxygens (including phenoxy) is 2. The minimum absolute atomic E-state index is 0.0535. The van der Waals surface area contributed by atoms with Crippen molar-refractivity contribution in [1.82, 2.24) is 30.2 Å². The number of urea groups is 1. The number of benzene rings is 4. The lowest BCUT2D eigenvalue weighted by Gasteiger charge is -2.37. The van der Waals surface area contributed by atoms with Crippen LogP contribution in [0, 0.1) is 17.6 Å². The van der Waals surface area contributed by atoms with E-state index < -0.39 is 40.1 Å². The SMILES string of the molecule is C[C@H]1c2c(cc(F)c(Cl)c2-c2c(C(N)=O)ccc(OCCO)c2F)O[C@]1(/C=C\NC1CCC(C(=O)N2CCC[C@H]2CN2CCC(c3ccc4c(N5CCC(=O)NC5=O)nn(C)c4c3)CC2)CC1)c1ccccc1. The Kier molecular flexibility index (Phi) is 14.2. The number of piperidine rings is 1. The molecule has 0 unspecified atom stereocenters. The number of nitrogens with zero attached hydrogens (tertiary/aromatic N) is 5. The van der Waals surface area contributed by atoms with Gasteiger partial charge in [0.1, 0.15) is 18.2 Å². The molecule has 73 heavy (non-hydrogen) atoms. The van der Waals surface area contributed by atoms with Crippen molar-refractivity contribution in [3.63, 3.8) is 0 Å². The van der Waals surface area contributed by atoms with E-state index in [0.717, 1.165) is 94.0 Å². The molecule has 1 aliphatic carbocycles. The van der Waals surface area contributed by atoms with Gasteiger partial charge in [-0.15, -0.1) is 0 Å². The van der Waals surface area contributed by atoms with Crippen molar-refractivity contribution in [2.45, 2.75) is 94.2 Å². The molecule has 384 valence electrons. The van der Waals surface area contributed by atoms with Gasteiger partial charge < -0.3 is 35.4 Å². The number of amides is 5. The van der Waals surface area contributed by atoms with Gasteiger partial charge in [-0.2, -0.15) is 5.10 Å².